The lowest BCUT2D eigenvalue weighted by atomic mass is 9.90. The Morgan fingerprint density at radius 3 is 2.49 bits per heavy atom. The number of piperidine rings is 3. The highest BCUT2D eigenvalue weighted by Crippen LogP contribution is 2.31. The van der Waals surface area contributed by atoms with Gasteiger partial charge in [-0.2, -0.15) is 4.99 Å². The standard InChI is InChI=1S/C27H36F2N4O4/c1-27(2,3)37-26(36)30-22-10-11-32(16-21(22)29)15-17-8-12-33(13-9-17)23-6-4-18(14-20(23)28)19-5-7-24(34)31-25(19)35/h4,6,14,17,19,21H,5,7-13,15-16H2,1-3H3,(H,31,34,35)/b30-22+/t19?,21-/m1/s1. The quantitative estimate of drug-likeness (QED) is 0.607. The topological polar surface area (TPSA) is 91.3 Å². The maximum atomic E-state index is 15.0. The number of carbonyl (C=O) groups is 3. The molecule has 0 bridgehead atoms. The van der Waals surface area contributed by atoms with Crippen LogP contribution in [-0.4, -0.2) is 73.0 Å². The third-order valence-electron chi connectivity index (χ3n) is 7.18. The predicted octanol–water partition coefficient (Wildman–Crippen LogP) is 3.98. The summed E-state index contributed by atoms with van der Waals surface area (Å²) >= 11 is 0. The Labute approximate surface area is 216 Å². The van der Waals surface area contributed by atoms with Crippen molar-refractivity contribution in [1.82, 2.24) is 10.2 Å². The lowest BCUT2D eigenvalue weighted by molar-refractivity contribution is -0.134. The Morgan fingerprint density at radius 1 is 1.14 bits per heavy atom. The number of rotatable bonds is 4. The van der Waals surface area contributed by atoms with Crippen LogP contribution < -0.4 is 10.2 Å². The molecule has 2 atom stereocenters. The van der Waals surface area contributed by atoms with E-state index in [9.17, 15) is 23.2 Å². The van der Waals surface area contributed by atoms with Crippen LogP contribution in [0.5, 0.6) is 0 Å². The highest BCUT2D eigenvalue weighted by Gasteiger charge is 2.31. The van der Waals surface area contributed by atoms with Gasteiger partial charge in [0, 0.05) is 45.6 Å². The molecule has 3 aliphatic heterocycles. The number of anilines is 1. The van der Waals surface area contributed by atoms with E-state index in [0.29, 0.717) is 49.6 Å². The molecule has 1 aromatic carbocycles. The van der Waals surface area contributed by atoms with E-state index in [1.165, 1.54) is 6.07 Å². The van der Waals surface area contributed by atoms with Gasteiger partial charge in [0.15, 0.2) is 6.17 Å². The number of imide groups is 1. The molecule has 1 N–H and O–H groups in total. The van der Waals surface area contributed by atoms with Gasteiger partial charge >= 0.3 is 6.09 Å². The molecule has 0 saturated carbocycles. The van der Waals surface area contributed by atoms with Crippen molar-refractivity contribution in [2.45, 2.75) is 70.6 Å². The Morgan fingerprint density at radius 2 is 1.86 bits per heavy atom. The molecule has 0 aliphatic carbocycles. The van der Waals surface area contributed by atoms with E-state index in [-0.39, 0.29) is 36.3 Å². The largest absolute Gasteiger partial charge is 0.442 e. The fourth-order valence-electron chi connectivity index (χ4n) is 5.28. The Kier molecular flexibility index (Phi) is 8.26. The highest BCUT2D eigenvalue weighted by atomic mass is 19.1. The van der Waals surface area contributed by atoms with E-state index in [2.05, 4.69) is 15.2 Å². The number of nitrogens with one attached hydrogen (secondary N) is 1. The van der Waals surface area contributed by atoms with Crippen molar-refractivity contribution in [2.75, 3.05) is 37.6 Å². The number of hydrogen-bond donors (Lipinski definition) is 1. The zero-order chi connectivity index (χ0) is 26.7. The zero-order valence-corrected chi connectivity index (χ0v) is 21.8. The van der Waals surface area contributed by atoms with Crippen LogP contribution >= 0.6 is 0 Å². The number of halogens is 2. The molecule has 3 amide bonds. The summed E-state index contributed by atoms with van der Waals surface area (Å²) in [6.07, 6.45) is 0.720. The van der Waals surface area contributed by atoms with Gasteiger partial charge in [0.05, 0.1) is 17.3 Å². The van der Waals surface area contributed by atoms with Crippen molar-refractivity contribution in [2.24, 2.45) is 10.9 Å². The molecule has 37 heavy (non-hydrogen) atoms. The lowest BCUT2D eigenvalue weighted by Gasteiger charge is -2.38. The van der Waals surface area contributed by atoms with Gasteiger partial charge in [0.1, 0.15) is 11.4 Å². The molecule has 202 valence electrons. The summed E-state index contributed by atoms with van der Waals surface area (Å²) in [7, 11) is 0. The third-order valence-corrected chi connectivity index (χ3v) is 7.18. The summed E-state index contributed by atoms with van der Waals surface area (Å²) in [4.78, 5) is 43.4. The molecule has 0 aromatic heterocycles. The smallest absolute Gasteiger partial charge is 0.434 e. The first-order chi connectivity index (χ1) is 17.5. The molecule has 3 heterocycles. The molecule has 1 aromatic rings. The first-order valence-corrected chi connectivity index (χ1v) is 13.0. The second kappa shape index (κ2) is 11.2. The van der Waals surface area contributed by atoms with Gasteiger partial charge < -0.3 is 9.64 Å². The maximum absolute atomic E-state index is 15.0. The second-order valence-electron chi connectivity index (χ2n) is 11.2. The molecular weight excluding hydrogens is 482 g/mol. The summed E-state index contributed by atoms with van der Waals surface area (Å²) in [5.41, 5.74) is 0.679. The summed E-state index contributed by atoms with van der Waals surface area (Å²) in [5, 5.41) is 2.32. The van der Waals surface area contributed by atoms with Gasteiger partial charge in [-0.1, -0.05) is 6.07 Å². The van der Waals surface area contributed by atoms with Gasteiger partial charge in [-0.15, -0.1) is 0 Å². The van der Waals surface area contributed by atoms with E-state index < -0.39 is 23.8 Å². The normalized spacial score (nSPS) is 25.3. The van der Waals surface area contributed by atoms with Gasteiger partial charge in [-0.3, -0.25) is 19.8 Å². The number of benzene rings is 1. The van der Waals surface area contributed by atoms with Crippen LogP contribution in [0, 0.1) is 11.7 Å². The van der Waals surface area contributed by atoms with Crippen molar-refractivity contribution in [3.63, 3.8) is 0 Å². The third kappa shape index (κ3) is 7.12. The van der Waals surface area contributed by atoms with Gasteiger partial charge in [-0.25, -0.2) is 13.6 Å². The molecule has 0 radical (unpaired) electrons. The minimum absolute atomic E-state index is 0.207. The summed E-state index contributed by atoms with van der Waals surface area (Å²) in [6.45, 7) is 8.22. The number of likely N-dealkylation sites (tertiary alicyclic amines) is 1. The Hall–Kier alpha value is -2.88. The number of aliphatic imine (C=N–C) groups is 1. The number of ether oxygens (including phenoxy) is 1. The summed E-state index contributed by atoms with van der Waals surface area (Å²) in [6, 6.07) is 4.90. The maximum Gasteiger partial charge on any atom is 0.434 e. The molecule has 0 spiro atoms. The molecule has 4 rings (SSSR count). The number of nitrogens with zero attached hydrogens (tertiary/aromatic N) is 3. The molecular formula is C27H36F2N4O4. The fourth-order valence-corrected chi connectivity index (χ4v) is 5.28. The van der Waals surface area contributed by atoms with E-state index in [1.807, 2.05) is 4.90 Å². The Bertz CT molecular complexity index is 1060. The van der Waals surface area contributed by atoms with Crippen LogP contribution in [0.15, 0.2) is 23.2 Å². The van der Waals surface area contributed by atoms with Crippen molar-refractivity contribution < 1.29 is 27.9 Å². The first-order valence-electron chi connectivity index (χ1n) is 13.0. The van der Waals surface area contributed by atoms with Crippen LogP contribution in [0.25, 0.3) is 0 Å². The predicted molar refractivity (Wildman–Crippen MR) is 136 cm³/mol. The fraction of sp³-hybridized carbons (Fsp3) is 0.630. The highest BCUT2D eigenvalue weighted by molar-refractivity contribution is 6.01. The Balaban J connectivity index is 1.26. The molecule has 3 saturated heterocycles. The minimum Gasteiger partial charge on any atom is -0.442 e. The van der Waals surface area contributed by atoms with Crippen LogP contribution in [0.1, 0.15) is 64.4 Å². The molecule has 3 fully saturated rings. The zero-order valence-electron chi connectivity index (χ0n) is 21.8. The number of alkyl halides is 1. The van der Waals surface area contributed by atoms with Crippen LogP contribution in [0.3, 0.4) is 0 Å². The number of amides is 3. The van der Waals surface area contributed by atoms with Crippen molar-refractivity contribution >= 4 is 29.3 Å². The molecule has 8 nitrogen and oxygen atoms in total. The molecule has 3 aliphatic rings. The average molecular weight is 519 g/mol. The monoisotopic (exact) mass is 518 g/mol. The van der Waals surface area contributed by atoms with Crippen molar-refractivity contribution in [1.29, 1.82) is 0 Å². The number of carbonyl (C=O) groups excluding carboxylic acids is 3. The van der Waals surface area contributed by atoms with Crippen molar-refractivity contribution in [3.05, 3.63) is 29.6 Å². The van der Waals surface area contributed by atoms with Crippen LogP contribution in [0.2, 0.25) is 0 Å². The SMILES string of the molecule is CC(C)(C)OC(=O)/N=C1\CCN(CC2CCN(c3ccc(C4CCC(=O)NC4=O)cc3F)CC2)C[C@H]1F. The summed E-state index contributed by atoms with van der Waals surface area (Å²) < 4.78 is 34.9. The molecule has 10 heteroatoms. The van der Waals surface area contributed by atoms with E-state index in [4.69, 9.17) is 4.74 Å². The lowest BCUT2D eigenvalue weighted by Crippen LogP contribution is -2.46. The van der Waals surface area contributed by atoms with Gasteiger partial charge in [-0.05, 0) is 63.6 Å². The average Bonchev–Trinajstić information content (AvgIpc) is 2.80. The van der Waals surface area contributed by atoms with Gasteiger partial charge in [0.2, 0.25) is 11.8 Å². The van der Waals surface area contributed by atoms with Crippen LogP contribution in [-0.2, 0) is 14.3 Å². The van der Waals surface area contributed by atoms with Crippen LogP contribution in [0.4, 0.5) is 19.3 Å². The van der Waals surface area contributed by atoms with E-state index in [0.717, 1.165) is 19.4 Å². The first kappa shape index (κ1) is 27.2. The van der Waals surface area contributed by atoms with E-state index in [1.54, 1.807) is 32.9 Å². The molecule has 1 unspecified atom stereocenters. The van der Waals surface area contributed by atoms with Crippen molar-refractivity contribution in [3.8, 4) is 0 Å². The second-order valence-corrected chi connectivity index (χ2v) is 11.2. The van der Waals surface area contributed by atoms with Gasteiger partial charge in [0.25, 0.3) is 0 Å². The number of hydrogen-bond acceptors (Lipinski definition) is 6. The van der Waals surface area contributed by atoms with E-state index >= 15 is 0 Å². The summed E-state index contributed by atoms with van der Waals surface area (Å²) in [5.74, 6) is -1.17. The minimum atomic E-state index is -1.29.